The van der Waals surface area contributed by atoms with E-state index >= 15 is 0 Å². The number of halogens is 2. The SMILES string of the molecule is CC1(CC(=O)c2ccc3c(-c4ccccc4Cl)cn(-c4ccc(F)cc4)c3c2)CCS(=O)(=O)C1. The molecule has 0 spiro atoms. The zero-order chi connectivity index (χ0) is 24.1. The minimum Gasteiger partial charge on any atom is -0.316 e. The summed E-state index contributed by atoms with van der Waals surface area (Å²) in [6, 6.07) is 19.2. The summed E-state index contributed by atoms with van der Waals surface area (Å²) in [6.45, 7) is 1.87. The summed E-state index contributed by atoms with van der Waals surface area (Å²) in [6.07, 6.45) is 2.61. The summed E-state index contributed by atoms with van der Waals surface area (Å²) < 4.78 is 39.5. The smallest absolute Gasteiger partial charge is 0.163 e. The van der Waals surface area contributed by atoms with Gasteiger partial charge < -0.3 is 4.57 Å². The third kappa shape index (κ3) is 4.28. The van der Waals surface area contributed by atoms with Crippen LogP contribution in [0.25, 0.3) is 27.7 Å². The molecule has 34 heavy (non-hydrogen) atoms. The molecule has 1 aliphatic rings. The van der Waals surface area contributed by atoms with Crippen LogP contribution in [0.3, 0.4) is 0 Å². The monoisotopic (exact) mass is 495 g/mol. The Bertz CT molecular complexity index is 1530. The number of Topliss-reactive ketones (excluding diaryl/α,β-unsaturated/α-hetero) is 1. The number of sulfone groups is 1. The zero-order valence-corrected chi connectivity index (χ0v) is 20.2. The highest BCUT2D eigenvalue weighted by Gasteiger charge is 2.39. The highest BCUT2D eigenvalue weighted by molar-refractivity contribution is 7.91. The molecule has 1 unspecified atom stereocenters. The Morgan fingerprint density at radius 1 is 1.06 bits per heavy atom. The number of nitrogens with zero attached hydrogens (tertiary/aromatic N) is 1. The highest BCUT2D eigenvalue weighted by Crippen LogP contribution is 2.39. The molecule has 0 bridgehead atoms. The predicted molar refractivity (Wildman–Crippen MR) is 134 cm³/mol. The maximum absolute atomic E-state index is 13.6. The molecular formula is C27H23ClFNO3S. The Morgan fingerprint density at radius 2 is 1.79 bits per heavy atom. The van der Waals surface area contributed by atoms with Gasteiger partial charge in [-0.3, -0.25) is 4.79 Å². The number of carbonyl (C=O) groups excluding carboxylic acids is 1. The summed E-state index contributed by atoms with van der Waals surface area (Å²) in [5.74, 6) is -0.254. The molecule has 4 nitrogen and oxygen atoms in total. The normalized spacial score (nSPS) is 19.5. The molecule has 174 valence electrons. The van der Waals surface area contributed by atoms with E-state index in [0.717, 1.165) is 27.7 Å². The molecule has 0 saturated carbocycles. The molecule has 1 aliphatic heterocycles. The van der Waals surface area contributed by atoms with Crippen LogP contribution in [0.1, 0.15) is 30.1 Å². The molecule has 2 heterocycles. The van der Waals surface area contributed by atoms with Gasteiger partial charge in [-0.2, -0.15) is 0 Å². The first-order chi connectivity index (χ1) is 16.1. The van der Waals surface area contributed by atoms with E-state index in [-0.39, 0.29) is 29.5 Å². The van der Waals surface area contributed by atoms with Crippen molar-refractivity contribution in [1.82, 2.24) is 4.57 Å². The van der Waals surface area contributed by atoms with Crippen LogP contribution in [-0.4, -0.2) is 30.3 Å². The van der Waals surface area contributed by atoms with Crippen LogP contribution >= 0.6 is 11.6 Å². The molecular weight excluding hydrogens is 473 g/mol. The van der Waals surface area contributed by atoms with Crippen LogP contribution in [0.2, 0.25) is 5.02 Å². The van der Waals surface area contributed by atoms with Crippen LogP contribution in [0.4, 0.5) is 4.39 Å². The molecule has 1 saturated heterocycles. The predicted octanol–water partition coefficient (Wildman–Crippen LogP) is 6.49. The lowest BCUT2D eigenvalue weighted by Crippen LogP contribution is -2.22. The van der Waals surface area contributed by atoms with Crippen LogP contribution in [0, 0.1) is 11.2 Å². The molecule has 0 radical (unpaired) electrons. The van der Waals surface area contributed by atoms with E-state index in [0.29, 0.717) is 17.0 Å². The van der Waals surface area contributed by atoms with Gasteiger partial charge in [0, 0.05) is 45.4 Å². The Morgan fingerprint density at radius 3 is 2.47 bits per heavy atom. The third-order valence-electron chi connectivity index (χ3n) is 6.57. The summed E-state index contributed by atoms with van der Waals surface area (Å²) in [4.78, 5) is 13.2. The highest BCUT2D eigenvalue weighted by atomic mass is 35.5. The standard InChI is InChI=1S/C27H23ClFNO3S/c1-27(12-13-34(32,33)17-27)15-26(31)18-6-11-22-23(21-4-2-3-5-24(21)28)16-30(25(22)14-18)20-9-7-19(29)8-10-20/h2-11,14,16H,12-13,15,17H2,1H3. The molecule has 3 aromatic carbocycles. The van der Waals surface area contributed by atoms with Gasteiger partial charge in [-0.15, -0.1) is 0 Å². The molecule has 0 amide bonds. The fourth-order valence-electron chi connectivity index (χ4n) is 4.82. The first-order valence-corrected chi connectivity index (χ1v) is 13.2. The lowest BCUT2D eigenvalue weighted by Gasteiger charge is -2.20. The fourth-order valence-corrected chi connectivity index (χ4v) is 7.31. The zero-order valence-electron chi connectivity index (χ0n) is 18.6. The maximum atomic E-state index is 13.6. The summed E-state index contributed by atoms with van der Waals surface area (Å²) in [7, 11) is -3.09. The van der Waals surface area contributed by atoms with Gasteiger partial charge in [0.15, 0.2) is 15.6 Å². The lowest BCUT2D eigenvalue weighted by atomic mass is 9.83. The van der Waals surface area contributed by atoms with Gasteiger partial charge >= 0.3 is 0 Å². The van der Waals surface area contributed by atoms with E-state index in [1.165, 1.54) is 12.1 Å². The average Bonchev–Trinajstić information content (AvgIpc) is 3.30. The summed E-state index contributed by atoms with van der Waals surface area (Å²) >= 11 is 6.49. The molecule has 7 heteroatoms. The molecule has 5 rings (SSSR count). The van der Waals surface area contributed by atoms with Crippen molar-refractivity contribution in [2.45, 2.75) is 19.8 Å². The van der Waals surface area contributed by atoms with E-state index in [1.54, 1.807) is 18.2 Å². The number of hydrogen-bond donors (Lipinski definition) is 0. The van der Waals surface area contributed by atoms with Crippen LogP contribution < -0.4 is 0 Å². The lowest BCUT2D eigenvalue weighted by molar-refractivity contribution is 0.0934. The topological polar surface area (TPSA) is 56.1 Å². The van der Waals surface area contributed by atoms with E-state index in [1.807, 2.05) is 54.1 Å². The quantitative estimate of drug-likeness (QED) is 0.297. The molecule has 4 aromatic rings. The fraction of sp³-hybridized carbons (Fsp3) is 0.222. The average molecular weight is 496 g/mol. The van der Waals surface area contributed by atoms with E-state index in [4.69, 9.17) is 11.6 Å². The molecule has 1 fully saturated rings. The van der Waals surface area contributed by atoms with Crippen molar-refractivity contribution in [2.75, 3.05) is 11.5 Å². The van der Waals surface area contributed by atoms with Crippen molar-refractivity contribution >= 4 is 38.1 Å². The van der Waals surface area contributed by atoms with Gasteiger partial charge in [0.05, 0.1) is 17.0 Å². The molecule has 0 aliphatic carbocycles. The van der Waals surface area contributed by atoms with Gasteiger partial charge in [-0.05, 0) is 48.2 Å². The number of rotatable bonds is 5. The summed E-state index contributed by atoms with van der Waals surface area (Å²) in [5, 5.41) is 1.51. The van der Waals surface area contributed by atoms with Crippen molar-refractivity contribution in [3.63, 3.8) is 0 Å². The second-order valence-electron chi connectivity index (χ2n) is 9.35. The number of fused-ring (bicyclic) bond motifs is 1. The van der Waals surface area contributed by atoms with Crippen molar-refractivity contribution < 1.29 is 17.6 Å². The Kier molecular flexibility index (Phi) is 5.61. The Balaban J connectivity index is 1.62. The van der Waals surface area contributed by atoms with Crippen molar-refractivity contribution in [2.24, 2.45) is 5.41 Å². The van der Waals surface area contributed by atoms with Gasteiger partial charge in [0.2, 0.25) is 0 Å². The summed E-state index contributed by atoms with van der Waals surface area (Å²) in [5.41, 5.74) is 3.27. The maximum Gasteiger partial charge on any atom is 0.163 e. The van der Waals surface area contributed by atoms with Gasteiger partial charge in [0.1, 0.15) is 5.82 Å². The minimum atomic E-state index is -3.09. The van der Waals surface area contributed by atoms with E-state index in [9.17, 15) is 17.6 Å². The molecule has 1 atom stereocenters. The Hall–Kier alpha value is -2.96. The largest absolute Gasteiger partial charge is 0.316 e. The van der Waals surface area contributed by atoms with E-state index in [2.05, 4.69) is 0 Å². The Labute approximate surface area is 202 Å². The second-order valence-corrected chi connectivity index (χ2v) is 11.9. The minimum absolute atomic E-state index is 0.0383. The first-order valence-electron chi connectivity index (χ1n) is 11.0. The van der Waals surface area contributed by atoms with E-state index < -0.39 is 15.3 Å². The molecule has 1 aromatic heterocycles. The van der Waals surface area contributed by atoms with Gasteiger partial charge in [0.25, 0.3) is 0 Å². The van der Waals surface area contributed by atoms with Crippen molar-refractivity contribution in [1.29, 1.82) is 0 Å². The number of benzene rings is 3. The van der Waals surface area contributed by atoms with Crippen molar-refractivity contribution in [3.05, 3.63) is 89.3 Å². The number of ketones is 1. The van der Waals surface area contributed by atoms with Crippen LogP contribution in [0.5, 0.6) is 0 Å². The van der Waals surface area contributed by atoms with Crippen LogP contribution in [0.15, 0.2) is 72.9 Å². The van der Waals surface area contributed by atoms with Crippen LogP contribution in [-0.2, 0) is 9.84 Å². The first kappa shape index (κ1) is 22.8. The van der Waals surface area contributed by atoms with Crippen molar-refractivity contribution in [3.8, 4) is 16.8 Å². The number of carbonyl (C=O) groups is 1. The number of hydrogen-bond acceptors (Lipinski definition) is 3. The molecule has 0 N–H and O–H groups in total. The third-order valence-corrected chi connectivity index (χ3v) is 8.86. The second kappa shape index (κ2) is 8.36. The van der Waals surface area contributed by atoms with Gasteiger partial charge in [-0.25, -0.2) is 12.8 Å². The number of aromatic nitrogens is 1. The van der Waals surface area contributed by atoms with Gasteiger partial charge in [-0.1, -0.05) is 48.9 Å².